The molecule has 0 atom stereocenters. The Morgan fingerprint density at radius 3 is 2.48 bits per heavy atom. The molecule has 0 aliphatic carbocycles. The van der Waals surface area contributed by atoms with Crippen molar-refractivity contribution in [3.63, 3.8) is 0 Å². The molecule has 25 heavy (non-hydrogen) atoms. The minimum absolute atomic E-state index is 0.154. The molecule has 0 bridgehead atoms. The second-order valence-corrected chi connectivity index (χ2v) is 6.45. The maximum absolute atomic E-state index is 14.6. The largest absolute Gasteiger partial charge is 0.283 e. The van der Waals surface area contributed by atoms with Crippen LogP contribution < -0.4 is 0 Å². The molecule has 0 saturated carbocycles. The summed E-state index contributed by atoms with van der Waals surface area (Å²) in [5, 5.41) is 0.429. The van der Waals surface area contributed by atoms with Crippen LogP contribution in [0, 0.1) is 12.7 Å². The zero-order chi connectivity index (χ0) is 17.6. The van der Waals surface area contributed by atoms with Crippen LogP contribution in [0.4, 0.5) is 4.39 Å². The monoisotopic (exact) mass is 371 g/mol. The zero-order valence-corrected chi connectivity index (χ0v) is 14.7. The van der Waals surface area contributed by atoms with Gasteiger partial charge in [-0.2, -0.15) is 4.98 Å². The first-order valence-electron chi connectivity index (χ1n) is 7.60. The maximum Gasteiger partial charge on any atom is 0.235 e. The van der Waals surface area contributed by atoms with Gasteiger partial charge in [-0.05, 0) is 24.6 Å². The van der Waals surface area contributed by atoms with E-state index in [1.807, 2.05) is 31.2 Å². The molecule has 0 saturated heterocycles. The van der Waals surface area contributed by atoms with Crippen molar-refractivity contribution in [1.29, 1.82) is 0 Å². The number of fused-ring (bicyclic) bond motifs is 1. The molecular weight excluding hydrogens is 360 g/mol. The predicted molar refractivity (Wildman–Crippen MR) is 98.6 cm³/mol. The predicted octanol–water partition coefficient (Wildman–Crippen LogP) is 5.82. The van der Waals surface area contributed by atoms with Gasteiger partial charge >= 0.3 is 0 Å². The van der Waals surface area contributed by atoms with E-state index < -0.39 is 5.82 Å². The van der Waals surface area contributed by atoms with Gasteiger partial charge in [-0.1, -0.05) is 59.1 Å². The molecule has 0 aliphatic rings. The van der Waals surface area contributed by atoms with Gasteiger partial charge in [-0.25, -0.2) is 9.37 Å². The van der Waals surface area contributed by atoms with Gasteiger partial charge in [0, 0.05) is 23.5 Å². The summed E-state index contributed by atoms with van der Waals surface area (Å²) in [4.78, 5) is 8.49. The Kier molecular flexibility index (Phi) is 3.94. The summed E-state index contributed by atoms with van der Waals surface area (Å²) in [6.07, 6.45) is 3.40. The molecule has 0 amide bonds. The highest BCUT2D eigenvalue weighted by molar-refractivity contribution is 6.36. The van der Waals surface area contributed by atoms with Crippen molar-refractivity contribution >= 4 is 29.0 Å². The van der Waals surface area contributed by atoms with Gasteiger partial charge in [0.25, 0.3) is 0 Å². The highest BCUT2D eigenvalue weighted by atomic mass is 35.5. The molecule has 0 fully saturated rings. The molecule has 2 heterocycles. The first-order chi connectivity index (χ1) is 12.1. The summed E-state index contributed by atoms with van der Waals surface area (Å²) in [5.41, 5.74) is 3.36. The molecule has 0 spiro atoms. The van der Waals surface area contributed by atoms with Gasteiger partial charge in [0.15, 0.2) is 0 Å². The third kappa shape index (κ3) is 2.68. The highest BCUT2D eigenvalue weighted by Crippen LogP contribution is 2.41. The lowest BCUT2D eigenvalue weighted by molar-refractivity contribution is 0.631. The fourth-order valence-corrected chi connectivity index (χ4v) is 3.38. The molecule has 124 valence electrons. The van der Waals surface area contributed by atoms with Gasteiger partial charge in [-0.3, -0.25) is 4.40 Å². The van der Waals surface area contributed by atoms with E-state index in [9.17, 15) is 4.39 Å². The molecular formula is C19H12Cl2FN3. The van der Waals surface area contributed by atoms with Crippen molar-refractivity contribution in [3.05, 3.63) is 76.4 Å². The van der Waals surface area contributed by atoms with E-state index in [0.29, 0.717) is 17.0 Å². The van der Waals surface area contributed by atoms with Gasteiger partial charge in [-0.15, -0.1) is 0 Å². The van der Waals surface area contributed by atoms with Crippen molar-refractivity contribution < 1.29 is 4.39 Å². The van der Waals surface area contributed by atoms with E-state index in [-0.39, 0.29) is 15.7 Å². The lowest BCUT2D eigenvalue weighted by Crippen LogP contribution is -2.01. The molecule has 4 rings (SSSR count). The number of rotatable bonds is 2. The number of aryl methyl sites for hydroxylation is 1. The molecule has 0 aliphatic heterocycles. The van der Waals surface area contributed by atoms with Crippen LogP contribution in [0.3, 0.4) is 0 Å². The quantitative estimate of drug-likeness (QED) is 0.415. The van der Waals surface area contributed by atoms with Gasteiger partial charge in [0.2, 0.25) is 5.78 Å². The van der Waals surface area contributed by atoms with E-state index in [4.69, 9.17) is 23.2 Å². The summed E-state index contributed by atoms with van der Waals surface area (Å²) >= 11 is 12.7. The molecule has 0 radical (unpaired) electrons. The van der Waals surface area contributed by atoms with Crippen LogP contribution in [-0.2, 0) is 0 Å². The first kappa shape index (κ1) is 16.1. The van der Waals surface area contributed by atoms with E-state index in [1.54, 1.807) is 28.9 Å². The van der Waals surface area contributed by atoms with Crippen molar-refractivity contribution in [3.8, 4) is 22.4 Å². The number of halogens is 3. The van der Waals surface area contributed by atoms with E-state index >= 15 is 0 Å². The maximum atomic E-state index is 14.6. The molecule has 4 aromatic rings. The van der Waals surface area contributed by atoms with E-state index in [1.165, 1.54) is 6.07 Å². The topological polar surface area (TPSA) is 30.2 Å². The molecule has 6 heteroatoms. The van der Waals surface area contributed by atoms with E-state index in [2.05, 4.69) is 9.97 Å². The van der Waals surface area contributed by atoms with Crippen molar-refractivity contribution in [2.45, 2.75) is 6.92 Å². The molecule has 3 nitrogen and oxygen atoms in total. The Labute approximate surface area is 153 Å². The third-order valence-corrected chi connectivity index (χ3v) is 4.63. The Balaban J connectivity index is 2.16. The lowest BCUT2D eigenvalue weighted by Gasteiger charge is -2.16. The molecule has 0 N–H and O–H groups in total. The normalized spacial score (nSPS) is 11.2. The lowest BCUT2D eigenvalue weighted by atomic mass is 9.99. The molecule has 2 aromatic heterocycles. The fraction of sp³-hybridized carbons (Fsp3) is 0.0526. The second-order valence-electron chi connectivity index (χ2n) is 5.69. The number of benzene rings is 2. The van der Waals surface area contributed by atoms with Crippen molar-refractivity contribution in [2.24, 2.45) is 0 Å². The number of hydrogen-bond donors (Lipinski definition) is 0. The van der Waals surface area contributed by atoms with Crippen LogP contribution in [0.1, 0.15) is 5.56 Å². The summed E-state index contributed by atoms with van der Waals surface area (Å²) in [7, 11) is 0. The van der Waals surface area contributed by atoms with Crippen LogP contribution in [0.15, 0.2) is 54.9 Å². The third-order valence-electron chi connectivity index (χ3n) is 4.04. The van der Waals surface area contributed by atoms with Crippen LogP contribution in [0.2, 0.25) is 10.2 Å². The number of imidazole rings is 1. The Morgan fingerprint density at radius 2 is 1.76 bits per heavy atom. The summed E-state index contributed by atoms with van der Waals surface area (Å²) < 4.78 is 16.4. The molecule has 0 unspecified atom stereocenters. The number of aromatic nitrogens is 3. The summed E-state index contributed by atoms with van der Waals surface area (Å²) in [6.45, 7) is 2.00. The molecule has 2 aromatic carbocycles. The number of nitrogens with zero attached hydrogens (tertiary/aromatic N) is 3. The average Bonchev–Trinajstić information content (AvgIpc) is 3.03. The Hall–Kier alpha value is -2.43. The summed E-state index contributed by atoms with van der Waals surface area (Å²) in [6, 6.07) is 12.4. The van der Waals surface area contributed by atoms with Crippen molar-refractivity contribution in [1.82, 2.24) is 14.4 Å². The Morgan fingerprint density at radius 1 is 1.00 bits per heavy atom. The SMILES string of the molecule is Cc1ccc(-c2c(-c3c(F)cccc3Cl)c(Cl)nc3nccn23)cc1. The fourth-order valence-electron chi connectivity index (χ4n) is 2.87. The van der Waals surface area contributed by atoms with E-state index in [0.717, 1.165) is 11.1 Å². The van der Waals surface area contributed by atoms with Crippen molar-refractivity contribution in [2.75, 3.05) is 0 Å². The van der Waals surface area contributed by atoms with Crippen LogP contribution in [0.25, 0.3) is 28.2 Å². The first-order valence-corrected chi connectivity index (χ1v) is 8.36. The van der Waals surface area contributed by atoms with Gasteiger partial charge < -0.3 is 0 Å². The standard InChI is InChI=1S/C19H12Cl2FN3/c1-11-5-7-12(8-6-11)17-16(15-13(20)3-2-4-14(15)22)18(21)24-19-23-9-10-25(17)19/h2-10H,1H3. The minimum atomic E-state index is -0.455. The summed E-state index contributed by atoms with van der Waals surface area (Å²) in [5.74, 6) is -0.0131. The number of hydrogen-bond acceptors (Lipinski definition) is 2. The second kappa shape index (κ2) is 6.14. The Bertz CT molecular complexity index is 1070. The van der Waals surface area contributed by atoms with Gasteiger partial charge in [0.05, 0.1) is 10.7 Å². The van der Waals surface area contributed by atoms with Crippen LogP contribution >= 0.6 is 23.2 Å². The van der Waals surface area contributed by atoms with Crippen LogP contribution in [0.5, 0.6) is 0 Å². The highest BCUT2D eigenvalue weighted by Gasteiger charge is 2.22. The van der Waals surface area contributed by atoms with Crippen LogP contribution in [-0.4, -0.2) is 14.4 Å². The smallest absolute Gasteiger partial charge is 0.235 e. The average molecular weight is 372 g/mol. The zero-order valence-electron chi connectivity index (χ0n) is 13.2. The minimum Gasteiger partial charge on any atom is -0.283 e. The van der Waals surface area contributed by atoms with Gasteiger partial charge in [0.1, 0.15) is 11.0 Å².